The molecule has 14 heavy (non-hydrogen) atoms. The highest BCUT2D eigenvalue weighted by Crippen LogP contribution is 2.29. The van der Waals surface area contributed by atoms with Gasteiger partial charge in [0.25, 0.3) is 0 Å². The van der Waals surface area contributed by atoms with E-state index in [0.29, 0.717) is 17.1 Å². The minimum atomic E-state index is -0.374. The molecule has 0 saturated heterocycles. The van der Waals surface area contributed by atoms with Crippen molar-refractivity contribution < 1.29 is 13.9 Å². The van der Waals surface area contributed by atoms with Crippen LogP contribution in [0.5, 0.6) is 11.5 Å². The van der Waals surface area contributed by atoms with Crippen LogP contribution in [0.3, 0.4) is 0 Å². The van der Waals surface area contributed by atoms with Crippen molar-refractivity contribution in [2.45, 2.75) is 6.54 Å². The molecule has 0 aliphatic carbocycles. The summed E-state index contributed by atoms with van der Waals surface area (Å²) >= 11 is 0. The minimum Gasteiger partial charge on any atom is -0.493 e. The molecular formula is C9H13FN2O2. The molecule has 0 aromatic heterocycles. The van der Waals surface area contributed by atoms with E-state index in [2.05, 4.69) is 5.43 Å². The lowest BCUT2D eigenvalue weighted by atomic mass is 10.2. The van der Waals surface area contributed by atoms with Gasteiger partial charge in [-0.15, -0.1) is 0 Å². The Labute approximate surface area is 81.8 Å². The Bertz CT molecular complexity index is 318. The van der Waals surface area contributed by atoms with Gasteiger partial charge in [-0.25, -0.2) is 4.39 Å². The van der Waals surface area contributed by atoms with E-state index in [1.807, 2.05) is 0 Å². The normalized spacial score (nSPS) is 10.0. The summed E-state index contributed by atoms with van der Waals surface area (Å²) in [7, 11) is 2.95. The van der Waals surface area contributed by atoms with Crippen molar-refractivity contribution in [3.8, 4) is 11.5 Å². The van der Waals surface area contributed by atoms with Crippen molar-refractivity contribution in [2.75, 3.05) is 14.2 Å². The number of methoxy groups -OCH3 is 2. The number of nitrogens with one attached hydrogen (secondary N) is 1. The van der Waals surface area contributed by atoms with E-state index in [1.54, 1.807) is 6.07 Å². The van der Waals surface area contributed by atoms with Gasteiger partial charge in [0.05, 0.1) is 14.2 Å². The number of hydrogen-bond donors (Lipinski definition) is 2. The van der Waals surface area contributed by atoms with E-state index in [9.17, 15) is 4.39 Å². The van der Waals surface area contributed by atoms with E-state index in [0.717, 1.165) is 0 Å². The van der Waals surface area contributed by atoms with Crippen molar-refractivity contribution >= 4 is 0 Å². The van der Waals surface area contributed by atoms with Gasteiger partial charge in [-0.2, -0.15) is 0 Å². The zero-order chi connectivity index (χ0) is 10.6. The number of halogens is 1. The first-order valence-corrected chi connectivity index (χ1v) is 4.06. The lowest BCUT2D eigenvalue weighted by molar-refractivity contribution is 0.351. The van der Waals surface area contributed by atoms with E-state index >= 15 is 0 Å². The van der Waals surface area contributed by atoms with Crippen molar-refractivity contribution in [3.05, 3.63) is 23.5 Å². The molecule has 0 bridgehead atoms. The van der Waals surface area contributed by atoms with Crippen LogP contribution in [-0.2, 0) is 6.54 Å². The molecule has 0 amide bonds. The molecule has 4 nitrogen and oxygen atoms in total. The Morgan fingerprint density at radius 3 is 2.36 bits per heavy atom. The summed E-state index contributed by atoms with van der Waals surface area (Å²) in [6, 6.07) is 2.82. The van der Waals surface area contributed by atoms with Gasteiger partial charge in [0.2, 0.25) is 0 Å². The van der Waals surface area contributed by atoms with Crippen LogP contribution in [0.15, 0.2) is 12.1 Å². The van der Waals surface area contributed by atoms with Crippen molar-refractivity contribution in [1.29, 1.82) is 0 Å². The quantitative estimate of drug-likeness (QED) is 0.557. The highest BCUT2D eigenvalue weighted by atomic mass is 19.1. The zero-order valence-corrected chi connectivity index (χ0v) is 8.13. The molecule has 0 fully saturated rings. The van der Waals surface area contributed by atoms with Gasteiger partial charge in [0, 0.05) is 18.2 Å². The summed E-state index contributed by atoms with van der Waals surface area (Å²) in [6.45, 7) is 0.242. The lowest BCUT2D eigenvalue weighted by Gasteiger charge is -2.10. The van der Waals surface area contributed by atoms with Gasteiger partial charge in [0.15, 0.2) is 11.5 Å². The second-order valence-corrected chi connectivity index (χ2v) is 2.68. The maximum absolute atomic E-state index is 13.3. The molecule has 1 aromatic carbocycles. The third kappa shape index (κ3) is 2.12. The summed E-state index contributed by atoms with van der Waals surface area (Å²) in [4.78, 5) is 0. The first kappa shape index (κ1) is 10.7. The van der Waals surface area contributed by atoms with E-state index in [1.165, 1.54) is 20.3 Å². The van der Waals surface area contributed by atoms with E-state index in [-0.39, 0.29) is 12.4 Å². The van der Waals surface area contributed by atoms with Crippen LogP contribution in [0.25, 0.3) is 0 Å². The van der Waals surface area contributed by atoms with Crippen molar-refractivity contribution in [1.82, 2.24) is 5.43 Å². The average molecular weight is 200 g/mol. The molecule has 0 aliphatic rings. The Morgan fingerprint density at radius 1 is 1.29 bits per heavy atom. The molecule has 78 valence electrons. The summed E-state index contributed by atoms with van der Waals surface area (Å²) in [6.07, 6.45) is 0. The molecule has 1 aromatic rings. The molecule has 1 rings (SSSR count). The van der Waals surface area contributed by atoms with Gasteiger partial charge in [0.1, 0.15) is 5.82 Å². The summed E-state index contributed by atoms with van der Waals surface area (Å²) in [5, 5.41) is 0. The zero-order valence-electron chi connectivity index (χ0n) is 8.13. The Morgan fingerprint density at radius 2 is 1.86 bits per heavy atom. The first-order chi connectivity index (χ1) is 6.72. The van der Waals surface area contributed by atoms with Crippen LogP contribution in [-0.4, -0.2) is 14.2 Å². The molecule has 0 aliphatic heterocycles. The van der Waals surface area contributed by atoms with Crippen LogP contribution < -0.4 is 20.7 Å². The van der Waals surface area contributed by atoms with Crippen molar-refractivity contribution in [3.63, 3.8) is 0 Å². The highest BCUT2D eigenvalue weighted by molar-refractivity contribution is 5.43. The predicted molar refractivity (Wildman–Crippen MR) is 50.5 cm³/mol. The summed E-state index contributed by atoms with van der Waals surface area (Å²) < 4.78 is 23.3. The molecule has 3 N–H and O–H groups in total. The molecule has 0 unspecified atom stereocenters. The van der Waals surface area contributed by atoms with Crippen LogP contribution in [0, 0.1) is 5.82 Å². The summed E-state index contributed by atoms with van der Waals surface area (Å²) in [5.41, 5.74) is 2.81. The van der Waals surface area contributed by atoms with E-state index in [4.69, 9.17) is 15.3 Å². The number of nitrogens with two attached hydrogens (primary N) is 1. The number of hydrogen-bond acceptors (Lipinski definition) is 4. The number of hydrazine groups is 1. The SMILES string of the molecule is COc1cc(F)c(CNN)cc1OC. The smallest absolute Gasteiger partial charge is 0.163 e. The van der Waals surface area contributed by atoms with E-state index < -0.39 is 0 Å². The molecule has 5 heteroatoms. The second kappa shape index (κ2) is 4.78. The fourth-order valence-electron chi connectivity index (χ4n) is 1.14. The third-order valence-electron chi connectivity index (χ3n) is 1.85. The molecular weight excluding hydrogens is 187 g/mol. The van der Waals surface area contributed by atoms with Crippen LogP contribution in [0.4, 0.5) is 4.39 Å². The van der Waals surface area contributed by atoms with Crippen LogP contribution in [0.2, 0.25) is 0 Å². The Hall–Kier alpha value is -1.33. The van der Waals surface area contributed by atoms with Gasteiger partial charge >= 0.3 is 0 Å². The van der Waals surface area contributed by atoms with Gasteiger partial charge in [-0.3, -0.25) is 11.3 Å². The topological polar surface area (TPSA) is 56.5 Å². The molecule has 0 radical (unpaired) electrons. The van der Waals surface area contributed by atoms with Crippen LogP contribution >= 0.6 is 0 Å². The second-order valence-electron chi connectivity index (χ2n) is 2.68. The monoisotopic (exact) mass is 200 g/mol. The fraction of sp³-hybridized carbons (Fsp3) is 0.333. The highest BCUT2D eigenvalue weighted by Gasteiger charge is 2.09. The number of ether oxygens (including phenoxy) is 2. The fourth-order valence-corrected chi connectivity index (χ4v) is 1.14. The molecule has 0 atom stereocenters. The molecule has 0 saturated carbocycles. The third-order valence-corrected chi connectivity index (χ3v) is 1.85. The first-order valence-electron chi connectivity index (χ1n) is 4.06. The largest absolute Gasteiger partial charge is 0.493 e. The maximum Gasteiger partial charge on any atom is 0.163 e. The molecule has 0 heterocycles. The van der Waals surface area contributed by atoms with Gasteiger partial charge in [-0.05, 0) is 6.07 Å². The van der Waals surface area contributed by atoms with Crippen LogP contribution in [0.1, 0.15) is 5.56 Å². The minimum absolute atomic E-state index is 0.242. The lowest BCUT2D eigenvalue weighted by Crippen LogP contribution is -2.21. The van der Waals surface area contributed by atoms with Gasteiger partial charge in [-0.1, -0.05) is 0 Å². The summed E-state index contributed by atoms with van der Waals surface area (Å²) in [5.74, 6) is 5.58. The standard InChI is InChI=1S/C9H13FN2O2/c1-13-8-3-6(5-12-11)7(10)4-9(8)14-2/h3-4,12H,5,11H2,1-2H3. The van der Waals surface area contributed by atoms with Crippen molar-refractivity contribution in [2.24, 2.45) is 5.84 Å². The Balaban J connectivity index is 3.09. The van der Waals surface area contributed by atoms with Gasteiger partial charge < -0.3 is 9.47 Å². The molecule has 0 spiro atoms. The maximum atomic E-state index is 13.3. The average Bonchev–Trinajstić information content (AvgIpc) is 2.20. The Kier molecular flexibility index (Phi) is 3.67. The number of benzene rings is 1. The predicted octanol–water partition coefficient (Wildman–Crippen LogP) is 0.806. The number of rotatable bonds is 4.